The number of amides is 1. The number of methoxy groups -OCH3 is 1. The van der Waals surface area contributed by atoms with Crippen LogP contribution in [0.25, 0.3) is 0 Å². The summed E-state index contributed by atoms with van der Waals surface area (Å²) >= 11 is 0. The Morgan fingerprint density at radius 1 is 0.913 bits per heavy atom. The van der Waals surface area contributed by atoms with Gasteiger partial charge in [0.1, 0.15) is 0 Å². The zero-order chi connectivity index (χ0) is 16.8. The molecule has 23 heavy (non-hydrogen) atoms. The van der Waals surface area contributed by atoms with E-state index in [-0.39, 0.29) is 11.1 Å². The molecule has 6 heteroatoms. The molecule has 118 valence electrons. The van der Waals surface area contributed by atoms with Gasteiger partial charge in [-0.15, -0.1) is 0 Å². The average molecular weight is 313 g/mol. The molecule has 0 bridgehead atoms. The van der Waals surface area contributed by atoms with Gasteiger partial charge < -0.3 is 15.2 Å². The van der Waals surface area contributed by atoms with Crippen LogP contribution in [-0.2, 0) is 14.3 Å². The molecule has 0 spiro atoms. The Labute approximate surface area is 132 Å². The number of rotatable bonds is 5. The summed E-state index contributed by atoms with van der Waals surface area (Å²) in [5.74, 6) is -1.99. The lowest BCUT2D eigenvalue weighted by Crippen LogP contribution is -2.21. The summed E-state index contributed by atoms with van der Waals surface area (Å²) in [6, 6.07) is 14.2. The van der Waals surface area contributed by atoms with Crippen molar-refractivity contribution in [2.45, 2.75) is 6.10 Å². The molecule has 1 unspecified atom stereocenters. The van der Waals surface area contributed by atoms with Crippen molar-refractivity contribution in [3.8, 4) is 0 Å². The van der Waals surface area contributed by atoms with Gasteiger partial charge in [-0.1, -0.05) is 30.3 Å². The van der Waals surface area contributed by atoms with E-state index in [0.29, 0.717) is 5.56 Å². The van der Waals surface area contributed by atoms with Gasteiger partial charge in [-0.3, -0.25) is 4.79 Å². The molecule has 0 fully saturated rings. The van der Waals surface area contributed by atoms with Crippen molar-refractivity contribution in [3.63, 3.8) is 0 Å². The zero-order valence-electron chi connectivity index (χ0n) is 12.4. The monoisotopic (exact) mass is 313 g/mol. The summed E-state index contributed by atoms with van der Waals surface area (Å²) < 4.78 is 9.92. The minimum atomic E-state index is -1.16. The number of carbonyl (C=O) groups is 3. The van der Waals surface area contributed by atoms with E-state index in [1.807, 2.05) is 0 Å². The maximum atomic E-state index is 12.2. The first-order chi connectivity index (χ1) is 11.0. The van der Waals surface area contributed by atoms with E-state index in [2.05, 4.69) is 4.74 Å². The van der Waals surface area contributed by atoms with Gasteiger partial charge in [-0.2, -0.15) is 0 Å². The second-order valence-corrected chi connectivity index (χ2v) is 4.66. The Morgan fingerprint density at radius 2 is 1.48 bits per heavy atom. The van der Waals surface area contributed by atoms with E-state index in [9.17, 15) is 14.4 Å². The fourth-order valence-corrected chi connectivity index (χ4v) is 1.93. The van der Waals surface area contributed by atoms with Crippen LogP contribution in [0.1, 0.15) is 32.4 Å². The Hall–Kier alpha value is -3.15. The molecule has 2 rings (SSSR count). The molecule has 0 aliphatic heterocycles. The summed E-state index contributed by atoms with van der Waals surface area (Å²) in [5, 5.41) is 0. The quantitative estimate of drug-likeness (QED) is 0.850. The fourth-order valence-electron chi connectivity index (χ4n) is 1.93. The van der Waals surface area contributed by atoms with E-state index >= 15 is 0 Å². The highest BCUT2D eigenvalue weighted by Gasteiger charge is 2.26. The summed E-state index contributed by atoms with van der Waals surface area (Å²) in [5.41, 5.74) is 6.11. The minimum absolute atomic E-state index is 0.194. The topological polar surface area (TPSA) is 95.7 Å². The first-order valence-corrected chi connectivity index (χ1v) is 6.76. The number of hydrogen-bond acceptors (Lipinski definition) is 5. The van der Waals surface area contributed by atoms with E-state index in [4.69, 9.17) is 10.5 Å². The van der Waals surface area contributed by atoms with Crippen LogP contribution >= 0.6 is 0 Å². The molecule has 0 aliphatic carbocycles. The Balaban J connectivity index is 2.20. The molecule has 2 aromatic rings. The van der Waals surface area contributed by atoms with Crippen molar-refractivity contribution in [1.82, 2.24) is 0 Å². The highest BCUT2D eigenvalue weighted by atomic mass is 16.6. The maximum absolute atomic E-state index is 12.2. The summed E-state index contributed by atoms with van der Waals surface area (Å²) in [6.07, 6.45) is -1.16. The summed E-state index contributed by atoms with van der Waals surface area (Å²) in [4.78, 5) is 35.1. The number of hydrogen-bond donors (Lipinski definition) is 1. The van der Waals surface area contributed by atoms with E-state index < -0.39 is 23.9 Å². The smallest absolute Gasteiger partial charge is 0.351 e. The molecule has 6 nitrogen and oxygen atoms in total. The largest absolute Gasteiger partial charge is 0.466 e. The van der Waals surface area contributed by atoms with Crippen LogP contribution in [0.5, 0.6) is 0 Å². The Bertz CT molecular complexity index is 710. The van der Waals surface area contributed by atoms with Crippen molar-refractivity contribution < 1.29 is 23.9 Å². The molecular formula is C17H15NO5. The maximum Gasteiger partial charge on any atom is 0.351 e. The predicted octanol–water partition coefficient (Wildman–Crippen LogP) is 1.86. The number of carbonyl (C=O) groups excluding carboxylic acids is 3. The van der Waals surface area contributed by atoms with E-state index in [0.717, 1.165) is 0 Å². The lowest BCUT2D eigenvalue weighted by atomic mass is 10.1. The number of benzene rings is 2. The van der Waals surface area contributed by atoms with Gasteiger partial charge in [-0.05, 0) is 24.3 Å². The standard InChI is InChI=1S/C17H15NO5/c1-22-17(21)14(11-5-3-2-4-6-11)23-16(20)13-9-7-12(8-10-13)15(18)19/h2-10,14H,1H3,(H2,18,19). The van der Waals surface area contributed by atoms with Gasteiger partial charge in [0.2, 0.25) is 12.0 Å². The first-order valence-electron chi connectivity index (χ1n) is 6.76. The van der Waals surface area contributed by atoms with Crippen LogP contribution in [0.3, 0.4) is 0 Å². The van der Waals surface area contributed by atoms with Gasteiger partial charge in [0.15, 0.2) is 0 Å². The van der Waals surface area contributed by atoms with Gasteiger partial charge in [-0.25, -0.2) is 9.59 Å². The van der Waals surface area contributed by atoms with E-state index in [1.165, 1.54) is 31.4 Å². The highest BCUT2D eigenvalue weighted by Crippen LogP contribution is 2.20. The number of nitrogens with two attached hydrogens (primary N) is 1. The third kappa shape index (κ3) is 3.94. The second-order valence-electron chi connectivity index (χ2n) is 4.66. The third-order valence-corrected chi connectivity index (χ3v) is 3.15. The number of primary amides is 1. The Morgan fingerprint density at radius 3 is 2.00 bits per heavy atom. The van der Waals surface area contributed by atoms with Gasteiger partial charge in [0.05, 0.1) is 12.7 Å². The van der Waals surface area contributed by atoms with Crippen molar-refractivity contribution in [2.24, 2.45) is 5.73 Å². The Kier molecular flexibility index (Phi) is 5.09. The minimum Gasteiger partial charge on any atom is -0.466 e. The number of ether oxygens (including phenoxy) is 2. The van der Waals surface area contributed by atoms with Gasteiger partial charge >= 0.3 is 11.9 Å². The van der Waals surface area contributed by atoms with Crippen LogP contribution in [0.2, 0.25) is 0 Å². The van der Waals surface area contributed by atoms with Crippen LogP contribution in [0, 0.1) is 0 Å². The molecule has 0 aromatic heterocycles. The third-order valence-electron chi connectivity index (χ3n) is 3.15. The normalized spacial score (nSPS) is 11.3. The van der Waals surface area contributed by atoms with E-state index in [1.54, 1.807) is 30.3 Å². The number of esters is 2. The van der Waals surface area contributed by atoms with Crippen molar-refractivity contribution in [3.05, 3.63) is 71.3 Å². The summed E-state index contributed by atoms with van der Waals surface area (Å²) in [7, 11) is 1.22. The predicted molar refractivity (Wildman–Crippen MR) is 81.6 cm³/mol. The molecule has 0 saturated carbocycles. The molecule has 0 radical (unpaired) electrons. The molecule has 0 aliphatic rings. The fraction of sp³-hybridized carbons (Fsp3) is 0.118. The van der Waals surface area contributed by atoms with Crippen LogP contribution in [0.4, 0.5) is 0 Å². The molecule has 1 atom stereocenters. The lowest BCUT2D eigenvalue weighted by molar-refractivity contribution is -0.151. The SMILES string of the molecule is COC(=O)C(OC(=O)c1ccc(C(N)=O)cc1)c1ccccc1. The van der Waals surface area contributed by atoms with Crippen LogP contribution < -0.4 is 5.73 Å². The molecule has 0 heterocycles. The van der Waals surface area contributed by atoms with Crippen LogP contribution in [-0.4, -0.2) is 25.0 Å². The van der Waals surface area contributed by atoms with Crippen molar-refractivity contribution >= 4 is 17.8 Å². The van der Waals surface area contributed by atoms with Gasteiger partial charge in [0, 0.05) is 11.1 Å². The van der Waals surface area contributed by atoms with Crippen molar-refractivity contribution in [2.75, 3.05) is 7.11 Å². The molecule has 0 saturated heterocycles. The summed E-state index contributed by atoms with van der Waals surface area (Å²) in [6.45, 7) is 0. The molecule has 2 N–H and O–H groups in total. The second kappa shape index (κ2) is 7.22. The molecular weight excluding hydrogens is 298 g/mol. The van der Waals surface area contributed by atoms with Crippen LogP contribution in [0.15, 0.2) is 54.6 Å². The first kappa shape index (κ1) is 16.2. The molecule has 1 amide bonds. The molecule has 2 aromatic carbocycles. The lowest BCUT2D eigenvalue weighted by Gasteiger charge is -2.16. The van der Waals surface area contributed by atoms with Gasteiger partial charge in [0.25, 0.3) is 0 Å². The average Bonchev–Trinajstić information content (AvgIpc) is 2.59. The zero-order valence-corrected chi connectivity index (χ0v) is 12.4. The van der Waals surface area contributed by atoms with Crippen molar-refractivity contribution in [1.29, 1.82) is 0 Å². The highest BCUT2D eigenvalue weighted by molar-refractivity contribution is 5.95.